The SMILES string of the molecule is CN(CCCc1nc(-c2cccs2)no1)CC(=O)O. The number of carboxylic acids is 1. The molecule has 2 heterocycles. The second-order valence-corrected chi connectivity index (χ2v) is 5.17. The monoisotopic (exact) mass is 281 g/mol. The van der Waals surface area contributed by atoms with Crippen LogP contribution in [0.3, 0.4) is 0 Å². The van der Waals surface area contributed by atoms with Gasteiger partial charge in [0.1, 0.15) is 0 Å². The Morgan fingerprint density at radius 1 is 1.58 bits per heavy atom. The van der Waals surface area contributed by atoms with Gasteiger partial charge < -0.3 is 9.63 Å². The van der Waals surface area contributed by atoms with Crippen LogP contribution in [0.1, 0.15) is 12.3 Å². The molecule has 2 rings (SSSR count). The zero-order valence-electron chi connectivity index (χ0n) is 10.6. The van der Waals surface area contributed by atoms with Crippen molar-refractivity contribution in [3.05, 3.63) is 23.4 Å². The molecule has 0 fully saturated rings. The van der Waals surface area contributed by atoms with Crippen LogP contribution in [0.25, 0.3) is 10.7 Å². The maximum atomic E-state index is 10.5. The van der Waals surface area contributed by atoms with Crippen LogP contribution in [-0.4, -0.2) is 46.3 Å². The lowest BCUT2D eigenvalue weighted by molar-refractivity contribution is -0.137. The minimum atomic E-state index is -0.819. The number of hydrogen-bond donors (Lipinski definition) is 1. The van der Waals surface area contributed by atoms with Crippen molar-refractivity contribution < 1.29 is 14.4 Å². The molecule has 0 saturated heterocycles. The second kappa shape index (κ2) is 6.44. The molecule has 19 heavy (non-hydrogen) atoms. The van der Waals surface area contributed by atoms with Gasteiger partial charge in [-0.3, -0.25) is 9.69 Å². The Morgan fingerprint density at radius 2 is 2.42 bits per heavy atom. The zero-order chi connectivity index (χ0) is 13.7. The predicted octanol–water partition coefficient (Wildman–Crippen LogP) is 1.75. The molecule has 0 spiro atoms. The van der Waals surface area contributed by atoms with Crippen LogP contribution >= 0.6 is 11.3 Å². The molecule has 2 aromatic rings. The van der Waals surface area contributed by atoms with E-state index in [9.17, 15) is 4.79 Å². The number of likely N-dealkylation sites (N-methyl/N-ethyl adjacent to an activating group) is 1. The van der Waals surface area contributed by atoms with E-state index in [4.69, 9.17) is 9.63 Å². The standard InChI is InChI=1S/C12H15N3O3S/c1-15(8-11(16)17)6-2-5-10-13-12(14-18-10)9-4-3-7-19-9/h3-4,7H,2,5-6,8H2,1H3,(H,16,17). The van der Waals surface area contributed by atoms with E-state index in [1.54, 1.807) is 23.3 Å². The first-order valence-electron chi connectivity index (χ1n) is 5.92. The molecule has 0 aliphatic carbocycles. The van der Waals surface area contributed by atoms with E-state index in [0.717, 1.165) is 11.3 Å². The molecule has 0 atom stereocenters. The first-order chi connectivity index (χ1) is 9.15. The lowest BCUT2D eigenvalue weighted by Crippen LogP contribution is -2.26. The summed E-state index contributed by atoms with van der Waals surface area (Å²) in [6.45, 7) is 0.729. The number of carboxylic acid groups (broad SMARTS) is 1. The summed E-state index contributed by atoms with van der Waals surface area (Å²) in [4.78, 5) is 17.5. The highest BCUT2D eigenvalue weighted by atomic mass is 32.1. The van der Waals surface area contributed by atoms with Crippen LogP contribution in [0.5, 0.6) is 0 Å². The van der Waals surface area contributed by atoms with Crippen molar-refractivity contribution in [1.82, 2.24) is 15.0 Å². The molecule has 0 unspecified atom stereocenters. The third kappa shape index (κ3) is 4.15. The Bertz CT molecular complexity index is 524. The van der Waals surface area contributed by atoms with E-state index >= 15 is 0 Å². The summed E-state index contributed by atoms with van der Waals surface area (Å²) in [5.41, 5.74) is 0. The number of rotatable bonds is 7. The number of aromatic nitrogens is 2. The third-order valence-corrected chi connectivity index (χ3v) is 3.41. The van der Waals surface area contributed by atoms with Gasteiger partial charge >= 0.3 is 5.97 Å². The van der Waals surface area contributed by atoms with E-state index < -0.39 is 5.97 Å². The van der Waals surface area contributed by atoms with Gasteiger partial charge in [-0.2, -0.15) is 4.98 Å². The summed E-state index contributed by atoms with van der Waals surface area (Å²) >= 11 is 1.57. The largest absolute Gasteiger partial charge is 0.480 e. The maximum absolute atomic E-state index is 10.5. The number of thiophene rings is 1. The minimum Gasteiger partial charge on any atom is -0.480 e. The van der Waals surface area contributed by atoms with Gasteiger partial charge in [-0.1, -0.05) is 11.2 Å². The molecule has 0 radical (unpaired) electrons. The topological polar surface area (TPSA) is 79.5 Å². The summed E-state index contributed by atoms with van der Waals surface area (Å²) in [5.74, 6) is 0.385. The fourth-order valence-corrected chi connectivity index (χ4v) is 2.32. The fraction of sp³-hybridized carbons (Fsp3) is 0.417. The van der Waals surface area contributed by atoms with Crippen LogP contribution in [0.15, 0.2) is 22.0 Å². The first kappa shape index (κ1) is 13.7. The molecule has 0 bridgehead atoms. The molecule has 102 valence electrons. The molecular weight excluding hydrogens is 266 g/mol. The van der Waals surface area contributed by atoms with Crippen LogP contribution < -0.4 is 0 Å². The van der Waals surface area contributed by atoms with E-state index in [0.29, 0.717) is 24.7 Å². The number of carbonyl (C=O) groups is 1. The molecule has 2 aromatic heterocycles. The van der Waals surface area contributed by atoms with Gasteiger partial charge in [0.2, 0.25) is 11.7 Å². The van der Waals surface area contributed by atoms with Crippen molar-refractivity contribution in [2.75, 3.05) is 20.1 Å². The maximum Gasteiger partial charge on any atom is 0.317 e. The number of hydrogen-bond acceptors (Lipinski definition) is 6. The van der Waals surface area contributed by atoms with Crippen molar-refractivity contribution in [1.29, 1.82) is 0 Å². The van der Waals surface area contributed by atoms with Gasteiger partial charge in [0.25, 0.3) is 0 Å². The van der Waals surface area contributed by atoms with Crippen LogP contribution in [0, 0.1) is 0 Å². The lowest BCUT2D eigenvalue weighted by Gasteiger charge is -2.12. The van der Waals surface area contributed by atoms with E-state index in [2.05, 4.69) is 10.1 Å². The van der Waals surface area contributed by atoms with E-state index in [1.165, 1.54) is 0 Å². The molecule has 0 amide bonds. The minimum absolute atomic E-state index is 0.0459. The van der Waals surface area contributed by atoms with E-state index in [1.807, 2.05) is 17.5 Å². The Balaban J connectivity index is 1.79. The van der Waals surface area contributed by atoms with Gasteiger partial charge in [-0.05, 0) is 31.5 Å². The molecule has 1 N–H and O–H groups in total. The quantitative estimate of drug-likeness (QED) is 0.833. The number of aryl methyl sites for hydroxylation is 1. The highest BCUT2D eigenvalue weighted by Crippen LogP contribution is 2.21. The number of nitrogens with zero attached hydrogens (tertiary/aromatic N) is 3. The lowest BCUT2D eigenvalue weighted by atomic mass is 10.3. The normalized spacial score (nSPS) is 11.1. The van der Waals surface area contributed by atoms with Crippen molar-refractivity contribution in [2.24, 2.45) is 0 Å². The van der Waals surface area contributed by atoms with Crippen molar-refractivity contribution in [3.63, 3.8) is 0 Å². The highest BCUT2D eigenvalue weighted by Gasteiger charge is 2.10. The first-order valence-corrected chi connectivity index (χ1v) is 6.80. The average molecular weight is 281 g/mol. The molecular formula is C12H15N3O3S. The van der Waals surface area contributed by atoms with Crippen molar-refractivity contribution >= 4 is 17.3 Å². The van der Waals surface area contributed by atoms with Crippen molar-refractivity contribution in [3.8, 4) is 10.7 Å². The van der Waals surface area contributed by atoms with Gasteiger partial charge in [0.05, 0.1) is 11.4 Å². The summed E-state index contributed by atoms with van der Waals surface area (Å²) in [7, 11) is 1.78. The summed E-state index contributed by atoms with van der Waals surface area (Å²) in [6, 6.07) is 3.89. The molecule has 0 aliphatic rings. The number of aliphatic carboxylic acids is 1. The summed E-state index contributed by atoms with van der Waals surface area (Å²) in [5, 5.41) is 14.5. The summed E-state index contributed by atoms with van der Waals surface area (Å²) in [6.07, 6.45) is 1.44. The van der Waals surface area contributed by atoms with Gasteiger partial charge in [0, 0.05) is 6.42 Å². The van der Waals surface area contributed by atoms with Crippen molar-refractivity contribution in [2.45, 2.75) is 12.8 Å². The Hall–Kier alpha value is -1.73. The third-order valence-electron chi connectivity index (χ3n) is 2.55. The van der Waals surface area contributed by atoms with E-state index in [-0.39, 0.29) is 6.54 Å². The van der Waals surface area contributed by atoms with Crippen LogP contribution in [-0.2, 0) is 11.2 Å². The predicted molar refractivity (Wildman–Crippen MR) is 71.1 cm³/mol. The zero-order valence-corrected chi connectivity index (χ0v) is 11.4. The Morgan fingerprint density at radius 3 is 3.11 bits per heavy atom. The molecule has 6 nitrogen and oxygen atoms in total. The Labute approximate surface area is 114 Å². The highest BCUT2D eigenvalue weighted by molar-refractivity contribution is 7.13. The molecule has 0 aromatic carbocycles. The summed E-state index contributed by atoms with van der Waals surface area (Å²) < 4.78 is 5.16. The Kier molecular flexibility index (Phi) is 4.64. The van der Waals surface area contributed by atoms with Gasteiger partial charge in [-0.25, -0.2) is 0 Å². The van der Waals surface area contributed by atoms with Crippen LogP contribution in [0.2, 0.25) is 0 Å². The van der Waals surface area contributed by atoms with Crippen LogP contribution in [0.4, 0.5) is 0 Å². The fourth-order valence-electron chi connectivity index (χ4n) is 1.67. The molecule has 7 heteroatoms. The van der Waals surface area contributed by atoms with Gasteiger partial charge in [-0.15, -0.1) is 11.3 Å². The molecule has 0 aliphatic heterocycles. The smallest absolute Gasteiger partial charge is 0.317 e. The van der Waals surface area contributed by atoms with Gasteiger partial charge in [0.15, 0.2) is 0 Å². The molecule has 0 saturated carbocycles. The average Bonchev–Trinajstić information content (AvgIpc) is 2.97. The second-order valence-electron chi connectivity index (χ2n) is 4.22.